The first-order chi connectivity index (χ1) is 47.2. The minimum absolute atomic E-state index is 0.809. The van der Waals surface area contributed by atoms with Crippen LogP contribution in [0.1, 0.15) is 34.6 Å². The van der Waals surface area contributed by atoms with Gasteiger partial charge in [0.15, 0.2) is 50.3 Å². The second kappa shape index (κ2) is 35.7. The number of amides is 4. The van der Waals surface area contributed by atoms with Crippen LogP contribution in [0, 0.1) is 0 Å². The van der Waals surface area contributed by atoms with Gasteiger partial charge < -0.3 is 200 Å². The van der Waals surface area contributed by atoms with Gasteiger partial charge in [0.2, 0.25) is 23.6 Å². The highest BCUT2D eigenvalue weighted by Crippen LogP contribution is 2.38. The topological polar surface area (TPSA) is 680 Å². The molecule has 8 rings (SSSR count). The molecule has 8 aliphatic rings. The van der Waals surface area contributed by atoms with Gasteiger partial charge in [0.25, 0.3) is 0 Å². The predicted molar refractivity (Wildman–Crippen MR) is 309 cm³/mol. The first-order valence-electron chi connectivity index (χ1n) is 32.0. The van der Waals surface area contributed by atoms with Gasteiger partial charge in [-0.3, -0.25) is 19.2 Å². The zero-order valence-electron chi connectivity index (χ0n) is 54.2. The summed E-state index contributed by atoms with van der Waals surface area (Å²) in [4.78, 5) is 50.2. The van der Waals surface area contributed by atoms with Crippen LogP contribution in [-0.4, -0.2) is 423 Å². The van der Waals surface area contributed by atoms with E-state index in [9.17, 15) is 126 Å². The normalized spacial score (nSPS) is 48.7. The Morgan fingerprint density at radius 1 is 0.280 bits per heavy atom. The molecule has 0 aromatic heterocycles. The van der Waals surface area contributed by atoms with Crippen molar-refractivity contribution in [1.82, 2.24) is 21.3 Å². The standard InChI is InChI=1S/C56H94N4O40/c1-13-29(70)39(80)42(83)53(88-13)86-12-24-45(37(78)25(49(85)89-24)57-14(2)66)96-52-28(60-17(5)69)38(79)44(22(10-65)94-52)97-54-43(84)46(98-56-48(41(82)33(74)21(9-64)93-56)100-51-27(59-16(4)68)36(77)31(72)19(7-62)91-51)34(75)23(95-54)11-87-55-47(40(81)32(73)20(8-63)92-55)99-50-26(58-15(3)67)35(76)30(71)18(6-61)90-50/h13,18-56,61-65,70-85H,6-12H2,1-5H3,(H,57,66)(H,58,67)(H,59,68)(H,60,69)/t13-,18+,19+,20+,21+,22+,23+,24+,25+,26+,27+,28+,29+,30+,31+,32+,33+,34+,35+,36+,37+,38+,39+,40-,41-,42-,43-,44+,45+,46-,47-,48-,49+,50-,51-,52-,53?,54-,55-,56+/m0/s1. The Hall–Kier alpha value is -3.56. The van der Waals surface area contributed by atoms with E-state index in [4.69, 9.17) is 71.1 Å². The summed E-state index contributed by atoms with van der Waals surface area (Å²) in [6.45, 7) is -1.92. The van der Waals surface area contributed by atoms with Crippen molar-refractivity contribution in [3.63, 3.8) is 0 Å². The van der Waals surface area contributed by atoms with E-state index in [2.05, 4.69) is 21.3 Å². The predicted octanol–water partition coefficient (Wildman–Crippen LogP) is -16.8. The molecule has 4 amide bonds. The van der Waals surface area contributed by atoms with Gasteiger partial charge in [-0.05, 0) is 6.92 Å². The van der Waals surface area contributed by atoms with E-state index in [1.54, 1.807) is 0 Å². The zero-order valence-corrected chi connectivity index (χ0v) is 54.2. The van der Waals surface area contributed by atoms with Gasteiger partial charge in [0.05, 0.1) is 52.4 Å². The molecular weight excluding hydrogens is 1370 g/mol. The Balaban J connectivity index is 1.14. The molecule has 0 bridgehead atoms. The first kappa shape index (κ1) is 82.1. The summed E-state index contributed by atoms with van der Waals surface area (Å²) in [6.07, 6.45) is -71.6. The lowest BCUT2D eigenvalue weighted by atomic mass is 9.93. The molecule has 0 saturated carbocycles. The van der Waals surface area contributed by atoms with Crippen LogP contribution < -0.4 is 21.3 Å². The third kappa shape index (κ3) is 18.3. The van der Waals surface area contributed by atoms with E-state index in [0.717, 1.165) is 27.7 Å². The molecule has 8 aliphatic heterocycles. The molecule has 25 N–H and O–H groups in total. The van der Waals surface area contributed by atoms with Crippen molar-refractivity contribution in [3.05, 3.63) is 0 Å². The number of hydrogen-bond donors (Lipinski definition) is 25. The molecule has 8 heterocycles. The highest BCUT2D eigenvalue weighted by molar-refractivity contribution is 5.74. The van der Waals surface area contributed by atoms with E-state index < -0.39 is 315 Å². The van der Waals surface area contributed by atoms with Gasteiger partial charge in [-0.2, -0.15) is 0 Å². The molecule has 100 heavy (non-hydrogen) atoms. The average Bonchev–Trinajstić information content (AvgIpc) is 0.770. The number of rotatable bonds is 25. The molecule has 0 aliphatic carbocycles. The van der Waals surface area contributed by atoms with Crippen molar-refractivity contribution in [3.8, 4) is 0 Å². The maximum absolute atomic E-state index is 13.1. The Morgan fingerprint density at radius 2 is 0.620 bits per heavy atom. The minimum atomic E-state index is -2.50. The molecular formula is C56H94N4O40. The zero-order chi connectivity index (χ0) is 73.8. The smallest absolute Gasteiger partial charge is 0.217 e. The first-order valence-corrected chi connectivity index (χ1v) is 32.0. The van der Waals surface area contributed by atoms with Crippen LogP contribution in [0.4, 0.5) is 0 Å². The van der Waals surface area contributed by atoms with Crippen molar-refractivity contribution in [1.29, 1.82) is 0 Å². The second-order valence-corrected chi connectivity index (χ2v) is 25.4. The molecule has 0 aromatic carbocycles. The number of hydrogen-bond acceptors (Lipinski definition) is 40. The van der Waals surface area contributed by atoms with Gasteiger partial charge in [-0.1, -0.05) is 0 Å². The van der Waals surface area contributed by atoms with Crippen molar-refractivity contribution in [2.45, 2.75) is 280 Å². The van der Waals surface area contributed by atoms with Crippen LogP contribution in [-0.2, 0) is 90.2 Å². The number of aliphatic hydroxyl groups excluding tert-OH is 21. The van der Waals surface area contributed by atoms with E-state index in [0.29, 0.717) is 0 Å². The summed E-state index contributed by atoms with van der Waals surface area (Å²) in [7, 11) is 0. The number of carbonyl (C=O) groups is 4. The number of nitrogens with one attached hydrogen (secondary N) is 4. The van der Waals surface area contributed by atoms with Crippen LogP contribution in [0.15, 0.2) is 0 Å². The lowest BCUT2D eigenvalue weighted by Gasteiger charge is -2.51. The molecule has 40 atom stereocenters. The fraction of sp³-hybridized carbons (Fsp3) is 0.929. The SMILES string of the molecule is CC(=O)N[C@@H]1[C@@H](O)[C@H](O[C@@H]2O[C@H](CO)[C@@H](O[C@@H]3O[C@H](CO[C@H]4O[C@H](CO)[C@@H](O)[C@H](O)[C@@H]4O[C@@H]4O[C@H](CO)[C@@H](O)[C@H](O)[C@H]4NC(C)=O)[C@@H](O)[C@H](O[C@H]4O[C@H](CO)[C@@H](O)[C@H](O)[C@@H]4O[C@@H]4O[C@H](CO)[C@@H](O)[C@H](O)[C@H]4NC(C)=O)[C@@H]3O)[C@H](O)[C@H]2NC(C)=O)[C@@H](COC2O[C@@H](C)[C@@H](O)[C@@H](O)[C@@H]2O)O[C@H]1O. The molecule has 0 radical (unpaired) electrons. The maximum atomic E-state index is 13.1. The summed E-state index contributed by atoms with van der Waals surface area (Å²) in [6, 6.07) is -7.10. The lowest BCUT2D eigenvalue weighted by molar-refractivity contribution is -0.396. The van der Waals surface area contributed by atoms with Crippen LogP contribution >= 0.6 is 0 Å². The number of aliphatic hydroxyl groups is 21. The Kier molecular flexibility index (Phi) is 29.3. The van der Waals surface area contributed by atoms with Crippen molar-refractivity contribution in [2.75, 3.05) is 46.2 Å². The molecule has 578 valence electrons. The molecule has 8 fully saturated rings. The monoisotopic (exact) mass is 1460 g/mol. The van der Waals surface area contributed by atoms with Gasteiger partial charge in [0, 0.05) is 27.7 Å². The Morgan fingerprint density at radius 3 is 1.09 bits per heavy atom. The quantitative estimate of drug-likeness (QED) is 0.0404. The third-order valence-corrected chi connectivity index (χ3v) is 18.2. The molecule has 0 spiro atoms. The van der Waals surface area contributed by atoms with Crippen molar-refractivity contribution in [2.24, 2.45) is 0 Å². The van der Waals surface area contributed by atoms with E-state index >= 15 is 0 Å². The van der Waals surface area contributed by atoms with E-state index in [1.165, 1.54) is 6.92 Å². The minimum Gasteiger partial charge on any atom is -0.394 e. The van der Waals surface area contributed by atoms with Gasteiger partial charge >= 0.3 is 0 Å². The fourth-order valence-electron chi connectivity index (χ4n) is 12.8. The number of carbonyl (C=O) groups excluding carboxylic acids is 4. The second-order valence-electron chi connectivity index (χ2n) is 25.4. The average molecular weight is 1460 g/mol. The van der Waals surface area contributed by atoms with Crippen LogP contribution in [0.25, 0.3) is 0 Å². The Bertz CT molecular complexity index is 2620. The van der Waals surface area contributed by atoms with Crippen LogP contribution in [0.2, 0.25) is 0 Å². The van der Waals surface area contributed by atoms with E-state index in [1.807, 2.05) is 0 Å². The lowest BCUT2D eigenvalue weighted by Crippen LogP contribution is -2.71. The Labute approximate surface area is 567 Å². The molecule has 44 heteroatoms. The van der Waals surface area contributed by atoms with Gasteiger partial charge in [-0.15, -0.1) is 0 Å². The molecule has 1 unspecified atom stereocenters. The summed E-state index contributed by atoms with van der Waals surface area (Å²) in [5.74, 6) is -3.42. The summed E-state index contributed by atoms with van der Waals surface area (Å²) >= 11 is 0. The third-order valence-electron chi connectivity index (χ3n) is 18.2. The van der Waals surface area contributed by atoms with Crippen molar-refractivity contribution < 1.29 is 197 Å². The van der Waals surface area contributed by atoms with E-state index in [-0.39, 0.29) is 0 Å². The van der Waals surface area contributed by atoms with Gasteiger partial charge in [-0.25, -0.2) is 0 Å². The molecule has 8 saturated heterocycles. The van der Waals surface area contributed by atoms with Gasteiger partial charge in [0.1, 0.15) is 189 Å². The van der Waals surface area contributed by atoms with Crippen molar-refractivity contribution >= 4 is 23.6 Å². The number of ether oxygens (including phenoxy) is 15. The maximum Gasteiger partial charge on any atom is 0.217 e. The highest BCUT2D eigenvalue weighted by atomic mass is 16.8. The molecule has 44 nitrogen and oxygen atoms in total. The highest BCUT2D eigenvalue weighted by Gasteiger charge is 2.60. The largest absolute Gasteiger partial charge is 0.394 e. The van der Waals surface area contributed by atoms with Crippen LogP contribution in [0.5, 0.6) is 0 Å². The summed E-state index contributed by atoms with van der Waals surface area (Å²) in [5, 5.41) is 242. The summed E-state index contributed by atoms with van der Waals surface area (Å²) in [5.41, 5.74) is 0. The molecule has 0 aromatic rings. The summed E-state index contributed by atoms with van der Waals surface area (Å²) < 4.78 is 88.8. The van der Waals surface area contributed by atoms with Crippen LogP contribution in [0.3, 0.4) is 0 Å². The fourth-order valence-corrected chi connectivity index (χ4v) is 12.8.